The van der Waals surface area contributed by atoms with E-state index in [1.54, 1.807) is 18.2 Å². The lowest BCUT2D eigenvalue weighted by atomic mass is 9.94. The standard InChI is InChI=1S/C22H30N2O3/c1-2-17-27-20-9-7-18(8-10-20)21(25)24-15-11-19(12-16-24)22(26)23-13-5-3-4-6-14-23/h2,7-10,19H,1,3-6,11-17H2. The van der Waals surface area contributed by atoms with E-state index in [1.165, 1.54) is 12.8 Å². The van der Waals surface area contributed by atoms with Crippen LogP contribution in [-0.4, -0.2) is 54.4 Å². The molecule has 5 heteroatoms. The lowest BCUT2D eigenvalue weighted by Crippen LogP contribution is -2.44. The number of carbonyl (C=O) groups is 2. The molecule has 2 amide bonds. The summed E-state index contributed by atoms with van der Waals surface area (Å²) in [6.45, 7) is 7.18. The first kappa shape index (κ1) is 19.5. The monoisotopic (exact) mass is 370 g/mol. The number of ether oxygens (including phenoxy) is 1. The molecule has 2 saturated heterocycles. The highest BCUT2D eigenvalue weighted by Crippen LogP contribution is 2.23. The van der Waals surface area contributed by atoms with Crippen molar-refractivity contribution in [3.8, 4) is 5.75 Å². The van der Waals surface area contributed by atoms with E-state index in [0.29, 0.717) is 31.2 Å². The van der Waals surface area contributed by atoms with Gasteiger partial charge in [-0.3, -0.25) is 9.59 Å². The Labute approximate surface area is 162 Å². The summed E-state index contributed by atoms with van der Waals surface area (Å²) < 4.78 is 5.46. The first-order valence-electron chi connectivity index (χ1n) is 10.1. The van der Waals surface area contributed by atoms with Crippen LogP contribution in [0.1, 0.15) is 48.9 Å². The zero-order valence-electron chi connectivity index (χ0n) is 16.1. The van der Waals surface area contributed by atoms with Crippen molar-refractivity contribution < 1.29 is 14.3 Å². The predicted octanol–water partition coefficient (Wildman–Crippen LogP) is 3.51. The molecule has 1 aromatic carbocycles. The molecule has 0 bridgehead atoms. The van der Waals surface area contributed by atoms with Gasteiger partial charge in [-0.2, -0.15) is 0 Å². The Bertz CT molecular complexity index is 640. The molecule has 1 aromatic rings. The van der Waals surface area contributed by atoms with E-state index in [0.717, 1.165) is 44.5 Å². The molecule has 0 unspecified atom stereocenters. The van der Waals surface area contributed by atoms with Crippen LogP contribution in [0, 0.1) is 5.92 Å². The van der Waals surface area contributed by atoms with Gasteiger partial charge in [-0.1, -0.05) is 25.5 Å². The molecule has 3 rings (SSSR count). The predicted molar refractivity (Wildman–Crippen MR) is 106 cm³/mol. The van der Waals surface area contributed by atoms with Gasteiger partial charge in [-0.15, -0.1) is 0 Å². The molecule has 0 aromatic heterocycles. The summed E-state index contributed by atoms with van der Waals surface area (Å²) in [6.07, 6.45) is 7.92. The minimum absolute atomic E-state index is 0.0333. The number of hydrogen-bond donors (Lipinski definition) is 0. The Morgan fingerprint density at radius 3 is 2.19 bits per heavy atom. The van der Waals surface area contributed by atoms with E-state index in [2.05, 4.69) is 11.5 Å². The van der Waals surface area contributed by atoms with Crippen molar-refractivity contribution in [2.45, 2.75) is 38.5 Å². The van der Waals surface area contributed by atoms with Crippen LogP contribution in [0.3, 0.4) is 0 Å². The molecule has 2 aliphatic heterocycles. The van der Waals surface area contributed by atoms with Crippen molar-refractivity contribution >= 4 is 11.8 Å². The van der Waals surface area contributed by atoms with Gasteiger partial charge in [-0.25, -0.2) is 0 Å². The number of nitrogens with zero attached hydrogens (tertiary/aromatic N) is 2. The number of amides is 2. The highest BCUT2D eigenvalue weighted by atomic mass is 16.5. The van der Waals surface area contributed by atoms with Gasteiger partial charge in [0.1, 0.15) is 12.4 Å². The van der Waals surface area contributed by atoms with Crippen LogP contribution in [-0.2, 0) is 4.79 Å². The maximum atomic E-state index is 12.8. The van der Waals surface area contributed by atoms with Gasteiger partial charge in [0.2, 0.25) is 5.91 Å². The third-order valence-corrected chi connectivity index (χ3v) is 5.52. The molecule has 0 spiro atoms. The fraction of sp³-hybridized carbons (Fsp3) is 0.545. The maximum absolute atomic E-state index is 12.8. The molecule has 27 heavy (non-hydrogen) atoms. The quantitative estimate of drug-likeness (QED) is 0.746. The second-order valence-corrected chi connectivity index (χ2v) is 7.43. The van der Waals surface area contributed by atoms with Gasteiger partial charge in [0.05, 0.1) is 0 Å². The van der Waals surface area contributed by atoms with E-state index >= 15 is 0 Å². The van der Waals surface area contributed by atoms with Crippen molar-refractivity contribution in [2.24, 2.45) is 5.92 Å². The zero-order valence-corrected chi connectivity index (χ0v) is 16.1. The Hall–Kier alpha value is -2.30. The van der Waals surface area contributed by atoms with Crippen molar-refractivity contribution in [2.75, 3.05) is 32.8 Å². The van der Waals surface area contributed by atoms with E-state index in [4.69, 9.17) is 4.74 Å². The minimum atomic E-state index is 0.0333. The second-order valence-electron chi connectivity index (χ2n) is 7.43. The van der Waals surface area contributed by atoms with Crippen LogP contribution < -0.4 is 4.74 Å². The van der Waals surface area contributed by atoms with Gasteiger partial charge >= 0.3 is 0 Å². The number of likely N-dealkylation sites (tertiary alicyclic amines) is 2. The lowest BCUT2D eigenvalue weighted by Gasteiger charge is -2.34. The SMILES string of the molecule is C=CCOc1ccc(C(=O)N2CCC(C(=O)N3CCCCCC3)CC2)cc1. The van der Waals surface area contributed by atoms with Crippen molar-refractivity contribution in [1.82, 2.24) is 9.80 Å². The molecule has 2 heterocycles. The first-order valence-corrected chi connectivity index (χ1v) is 10.1. The minimum Gasteiger partial charge on any atom is -0.490 e. The average molecular weight is 370 g/mol. The third-order valence-electron chi connectivity index (χ3n) is 5.52. The highest BCUT2D eigenvalue weighted by molar-refractivity contribution is 5.94. The van der Waals surface area contributed by atoms with Crippen LogP contribution >= 0.6 is 0 Å². The third kappa shape index (κ3) is 5.12. The van der Waals surface area contributed by atoms with Crippen LogP contribution in [0.5, 0.6) is 5.75 Å². The van der Waals surface area contributed by atoms with Crippen LogP contribution in [0.2, 0.25) is 0 Å². The zero-order chi connectivity index (χ0) is 19.1. The topological polar surface area (TPSA) is 49.9 Å². The molecule has 146 valence electrons. The molecule has 2 aliphatic rings. The molecule has 5 nitrogen and oxygen atoms in total. The Kier molecular flexibility index (Phi) is 6.91. The van der Waals surface area contributed by atoms with Crippen molar-refractivity contribution in [3.63, 3.8) is 0 Å². The largest absolute Gasteiger partial charge is 0.490 e. The molecule has 0 N–H and O–H groups in total. The van der Waals surface area contributed by atoms with E-state index < -0.39 is 0 Å². The second kappa shape index (κ2) is 9.58. The fourth-order valence-corrected chi connectivity index (χ4v) is 3.91. The van der Waals surface area contributed by atoms with E-state index in [9.17, 15) is 9.59 Å². The molecule has 0 saturated carbocycles. The van der Waals surface area contributed by atoms with Gasteiger partial charge in [0, 0.05) is 37.7 Å². The Morgan fingerprint density at radius 1 is 0.963 bits per heavy atom. The summed E-state index contributed by atoms with van der Waals surface area (Å²) >= 11 is 0. The lowest BCUT2D eigenvalue weighted by molar-refractivity contribution is -0.136. The number of hydrogen-bond acceptors (Lipinski definition) is 3. The number of carbonyl (C=O) groups excluding carboxylic acids is 2. The Morgan fingerprint density at radius 2 is 1.59 bits per heavy atom. The number of piperidine rings is 1. The summed E-state index contributed by atoms with van der Waals surface area (Å²) in [4.78, 5) is 29.4. The highest BCUT2D eigenvalue weighted by Gasteiger charge is 2.30. The summed E-state index contributed by atoms with van der Waals surface area (Å²) in [6, 6.07) is 7.23. The van der Waals surface area contributed by atoms with Crippen LogP contribution in [0.25, 0.3) is 0 Å². The maximum Gasteiger partial charge on any atom is 0.253 e. The van der Waals surface area contributed by atoms with Gasteiger partial charge in [0.25, 0.3) is 5.91 Å². The molecular formula is C22H30N2O3. The van der Waals surface area contributed by atoms with Crippen molar-refractivity contribution in [3.05, 3.63) is 42.5 Å². The molecular weight excluding hydrogens is 340 g/mol. The molecule has 2 fully saturated rings. The van der Waals surface area contributed by atoms with Crippen LogP contribution in [0.4, 0.5) is 0 Å². The van der Waals surface area contributed by atoms with Crippen molar-refractivity contribution in [1.29, 1.82) is 0 Å². The summed E-state index contributed by atoms with van der Waals surface area (Å²) in [5.74, 6) is 1.13. The van der Waals surface area contributed by atoms with Gasteiger partial charge < -0.3 is 14.5 Å². The molecule has 0 radical (unpaired) electrons. The van der Waals surface area contributed by atoms with E-state index in [1.807, 2.05) is 17.0 Å². The first-order chi connectivity index (χ1) is 13.2. The van der Waals surface area contributed by atoms with E-state index in [-0.39, 0.29) is 11.8 Å². The van der Waals surface area contributed by atoms with Gasteiger partial charge in [0.15, 0.2) is 0 Å². The average Bonchev–Trinajstić information content (AvgIpc) is 3.01. The fourth-order valence-electron chi connectivity index (χ4n) is 3.91. The van der Waals surface area contributed by atoms with Gasteiger partial charge in [-0.05, 0) is 49.9 Å². The smallest absolute Gasteiger partial charge is 0.253 e. The summed E-state index contributed by atoms with van der Waals surface area (Å²) in [7, 11) is 0. The number of rotatable bonds is 5. The molecule has 0 atom stereocenters. The number of benzene rings is 1. The Balaban J connectivity index is 1.51. The summed E-state index contributed by atoms with van der Waals surface area (Å²) in [5, 5.41) is 0. The normalized spacial score (nSPS) is 18.7. The summed E-state index contributed by atoms with van der Waals surface area (Å²) in [5.41, 5.74) is 0.665. The molecule has 0 aliphatic carbocycles. The van der Waals surface area contributed by atoms with Crippen LogP contribution in [0.15, 0.2) is 36.9 Å².